The predicted octanol–water partition coefficient (Wildman–Crippen LogP) is 3.46. The van der Waals surface area contributed by atoms with Crippen LogP contribution >= 0.6 is 23.8 Å². The Morgan fingerprint density at radius 1 is 1.13 bits per heavy atom. The zero-order valence-corrected chi connectivity index (χ0v) is 18.8. The molecule has 158 valence electrons. The Morgan fingerprint density at radius 3 is 2.37 bits per heavy atom. The van der Waals surface area contributed by atoms with Gasteiger partial charge in [-0.2, -0.15) is 0 Å². The molecule has 1 atom stereocenters. The molecule has 30 heavy (non-hydrogen) atoms. The van der Waals surface area contributed by atoms with Crippen molar-refractivity contribution >= 4 is 44.7 Å². The Hall–Kier alpha value is -2.42. The van der Waals surface area contributed by atoms with Crippen LogP contribution in [0.1, 0.15) is 24.1 Å². The van der Waals surface area contributed by atoms with Crippen LogP contribution in [-0.2, 0) is 19.4 Å². The number of carbonyl (C=O) groups excluding carboxylic acids is 1. The molecule has 0 amide bonds. The lowest BCUT2D eigenvalue weighted by Gasteiger charge is -2.31. The number of thiocarbonyl (C=S) groups is 1. The number of hydrogen-bond acceptors (Lipinski definition) is 5. The van der Waals surface area contributed by atoms with E-state index in [4.69, 9.17) is 28.6 Å². The van der Waals surface area contributed by atoms with Crippen LogP contribution in [0.25, 0.3) is 0 Å². The average Bonchev–Trinajstić information content (AvgIpc) is 2.68. The third-order valence-electron chi connectivity index (χ3n) is 4.57. The van der Waals surface area contributed by atoms with Crippen molar-refractivity contribution in [3.8, 4) is 0 Å². The first-order valence-corrected chi connectivity index (χ1v) is 11.7. The van der Waals surface area contributed by atoms with E-state index in [2.05, 4.69) is 10.6 Å². The number of sulfone groups is 1. The molecule has 0 aliphatic carbocycles. The summed E-state index contributed by atoms with van der Waals surface area (Å²) in [6.45, 7) is 3.71. The number of halogens is 1. The number of esters is 1. The SMILES string of the molecule is CCOC(=O)C1=C(CS(=O)(=O)c2ccc(C)cc2)NC(=S)NC1c1ccc(Cl)cc1. The first-order valence-electron chi connectivity index (χ1n) is 9.24. The van der Waals surface area contributed by atoms with Crippen molar-refractivity contribution in [1.29, 1.82) is 0 Å². The second kappa shape index (κ2) is 9.16. The second-order valence-electron chi connectivity index (χ2n) is 6.77. The summed E-state index contributed by atoms with van der Waals surface area (Å²) in [5.41, 5.74) is 2.02. The predicted molar refractivity (Wildman–Crippen MR) is 120 cm³/mol. The highest BCUT2D eigenvalue weighted by Crippen LogP contribution is 2.30. The molecule has 0 saturated carbocycles. The first-order chi connectivity index (χ1) is 14.2. The van der Waals surface area contributed by atoms with Gasteiger partial charge in [0.15, 0.2) is 14.9 Å². The summed E-state index contributed by atoms with van der Waals surface area (Å²) in [4.78, 5) is 13.0. The van der Waals surface area contributed by atoms with Gasteiger partial charge in [0, 0.05) is 10.7 Å². The zero-order chi connectivity index (χ0) is 21.9. The first kappa shape index (κ1) is 22.3. The van der Waals surface area contributed by atoms with E-state index in [0.717, 1.165) is 5.56 Å². The quantitative estimate of drug-likeness (QED) is 0.500. The minimum Gasteiger partial charge on any atom is -0.463 e. The van der Waals surface area contributed by atoms with E-state index in [1.54, 1.807) is 55.5 Å². The molecule has 3 rings (SSSR count). The molecule has 1 aliphatic rings. The van der Waals surface area contributed by atoms with Crippen molar-refractivity contribution in [2.45, 2.75) is 24.8 Å². The maximum Gasteiger partial charge on any atom is 0.338 e. The number of carbonyl (C=O) groups is 1. The Kier molecular flexibility index (Phi) is 6.80. The molecule has 1 aliphatic heterocycles. The van der Waals surface area contributed by atoms with Gasteiger partial charge in [0.25, 0.3) is 0 Å². The number of ether oxygens (including phenoxy) is 1. The molecule has 0 aromatic heterocycles. The maximum absolute atomic E-state index is 13.0. The molecule has 2 aromatic carbocycles. The van der Waals surface area contributed by atoms with Crippen molar-refractivity contribution in [2.75, 3.05) is 12.4 Å². The van der Waals surface area contributed by atoms with E-state index in [-0.39, 0.29) is 27.9 Å². The van der Waals surface area contributed by atoms with E-state index >= 15 is 0 Å². The molecule has 9 heteroatoms. The lowest BCUT2D eigenvalue weighted by atomic mass is 9.96. The summed E-state index contributed by atoms with van der Waals surface area (Å²) in [5.74, 6) is -1.04. The van der Waals surface area contributed by atoms with Crippen LogP contribution in [0.2, 0.25) is 5.02 Å². The normalized spacial score (nSPS) is 16.6. The number of hydrogen-bond donors (Lipinski definition) is 2. The van der Waals surface area contributed by atoms with Crippen LogP contribution < -0.4 is 10.6 Å². The third-order valence-corrected chi connectivity index (χ3v) is 6.70. The van der Waals surface area contributed by atoms with Gasteiger partial charge in [-0.05, 0) is 55.9 Å². The van der Waals surface area contributed by atoms with Crippen molar-refractivity contribution in [2.24, 2.45) is 0 Å². The van der Waals surface area contributed by atoms with Crippen molar-refractivity contribution in [3.05, 3.63) is 76.0 Å². The summed E-state index contributed by atoms with van der Waals surface area (Å²) in [5, 5.41) is 6.64. The van der Waals surface area contributed by atoms with E-state index in [9.17, 15) is 13.2 Å². The van der Waals surface area contributed by atoms with Crippen LogP contribution in [0.4, 0.5) is 0 Å². The summed E-state index contributed by atoms with van der Waals surface area (Å²) in [7, 11) is -3.73. The van der Waals surface area contributed by atoms with Gasteiger partial charge in [-0.1, -0.05) is 41.4 Å². The fraction of sp³-hybridized carbons (Fsp3) is 0.238. The smallest absolute Gasteiger partial charge is 0.338 e. The van der Waals surface area contributed by atoms with E-state index in [1.165, 1.54) is 0 Å². The van der Waals surface area contributed by atoms with Crippen LogP contribution in [0.5, 0.6) is 0 Å². The van der Waals surface area contributed by atoms with Crippen molar-refractivity contribution < 1.29 is 17.9 Å². The Bertz CT molecular complexity index is 1090. The number of aryl methyl sites for hydroxylation is 1. The molecule has 1 unspecified atom stereocenters. The average molecular weight is 465 g/mol. The fourth-order valence-electron chi connectivity index (χ4n) is 3.11. The Balaban J connectivity index is 2.08. The molecule has 0 fully saturated rings. The fourth-order valence-corrected chi connectivity index (χ4v) is 4.80. The van der Waals surface area contributed by atoms with Gasteiger partial charge in [0.2, 0.25) is 0 Å². The molecule has 0 radical (unpaired) electrons. The monoisotopic (exact) mass is 464 g/mol. The second-order valence-corrected chi connectivity index (χ2v) is 9.60. The van der Waals surface area contributed by atoms with E-state index < -0.39 is 27.6 Å². The molecular formula is C21H21ClN2O4S2. The number of benzene rings is 2. The van der Waals surface area contributed by atoms with Gasteiger partial charge in [0.1, 0.15) is 0 Å². The van der Waals surface area contributed by atoms with Gasteiger partial charge in [-0.15, -0.1) is 0 Å². The summed E-state index contributed by atoms with van der Waals surface area (Å²) in [6.07, 6.45) is 0. The maximum atomic E-state index is 13.0. The van der Waals surface area contributed by atoms with Crippen LogP contribution in [-0.4, -0.2) is 31.9 Å². The summed E-state index contributed by atoms with van der Waals surface area (Å²) >= 11 is 11.3. The highest BCUT2D eigenvalue weighted by atomic mass is 35.5. The molecule has 0 spiro atoms. The minimum absolute atomic E-state index is 0.151. The lowest BCUT2D eigenvalue weighted by Crippen LogP contribution is -2.47. The van der Waals surface area contributed by atoms with E-state index in [0.29, 0.717) is 10.6 Å². The number of nitrogens with one attached hydrogen (secondary N) is 2. The van der Waals surface area contributed by atoms with Gasteiger partial charge in [-0.3, -0.25) is 0 Å². The minimum atomic E-state index is -3.73. The standard InChI is InChI=1S/C21H21ClN2O4S2/c1-3-28-20(25)18-17(12-30(26,27)16-10-4-13(2)5-11-16)23-21(29)24-19(18)14-6-8-15(22)9-7-14/h4-11,19H,3,12H2,1-2H3,(H2,23,24,29). The Labute approximate surface area is 186 Å². The van der Waals surface area contributed by atoms with Crippen LogP contribution in [0.3, 0.4) is 0 Å². The van der Waals surface area contributed by atoms with E-state index in [1.807, 2.05) is 6.92 Å². The highest BCUT2D eigenvalue weighted by molar-refractivity contribution is 7.91. The van der Waals surface area contributed by atoms with Crippen LogP contribution in [0, 0.1) is 6.92 Å². The molecule has 0 bridgehead atoms. The van der Waals surface area contributed by atoms with Crippen molar-refractivity contribution in [1.82, 2.24) is 10.6 Å². The molecule has 1 heterocycles. The zero-order valence-electron chi connectivity index (χ0n) is 16.4. The Morgan fingerprint density at radius 2 is 1.77 bits per heavy atom. The lowest BCUT2D eigenvalue weighted by molar-refractivity contribution is -0.139. The largest absolute Gasteiger partial charge is 0.463 e. The number of rotatable bonds is 6. The third kappa shape index (κ3) is 5.00. The van der Waals surface area contributed by atoms with Crippen molar-refractivity contribution in [3.63, 3.8) is 0 Å². The molecule has 0 saturated heterocycles. The summed E-state index contributed by atoms with van der Waals surface area (Å²) < 4.78 is 31.3. The molecule has 2 aromatic rings. The summed E-state index contributed by atoms with van der Waals surface area (Å²) in [6, 6.07) is 12.8. The van der Waals surface area contributed by atoms with Crippen LogP contribution in [0.15, 0.2) is 64.7 Å². The van der Waals surface area contributed by atoms with Gasteiger partial charge < -0.3 is 15.4 Å². The van der Waals surface area contributed by atoms with Gasteiger partial charge >= 0.3 is 5.97 Å². The van der Waals surface area contributed by atoms with Gasteiger partial charge in [0.05, 0.1) is 28.9 Å². The molecular weight excluding hydrogens is 444 g/mol. The molecule has 2 N–H and O–H groups in total. The van der Waals surface area contributed by atoms with Gasteiger partial charge in [-0.25, -0.2) is 13.2 Å². The topological polar surface area (TPSA) is 84.5 Å². The highest BCUT2D eigenvalue weighted by Gasteiger charge is 2.34. The molecule has 6 nitrogen and oxygen atoms in total.